The molecule has 0 spiro atoms. The molecule has 154 valence electrons. The molecule has 0 aliphatic rings. The van der Waals surface area contributed by atoms with Crippen LogP contribution in [0.3, 0.4) is 0 Å². The maximum Gasteiger partial charge on any atom is 0.279 e. The van der Waals surface area contributed by atoms with Gasteiger partial charge in [0.1, 0.15) is 18.1 Å². The molecule has 6 nitrogen and oxygen atoms in total. The van der Waals surface area contributed by atoms with Gasteiger partial charge in [-0.05, 0) is 42.2 Å². The molecule has 0 fully saturated rings. The van der Waals surface area contributed by atoms with Crippen molar-refractivity contribution >= 4 is 11.8 Å². The predicted octanol–water partition coefficient (Wildman–Crippen LogP) is 3.78. The summed E-state index contributed by atoms with van der Waals surface area (Å²) in [5.74, 6) is 0.0278. The molecule has 0 saturated carbocycles. The van der Waals surface area contributed by atoms with E-state index in [4.69, 9.17) is 9.47 Å². The summed E-state index contributed by atoms with van der Waals surface area (Å²) in [4.78, 5) is 24.6. The smallest absolute Gasteiger partial charge is 0.279 e. The third kappa shape index (κ3) is 6.38. The lowest BCUT2D eigenvalue weighted by Crippen LogP contribution is -2.47. The van der Waals surface area contributed by atoms with Crippen molar-refractivity contribution in [3.8, 4) is 11.5 Å². The van der Waals surface area contributed by atoms with Gasteiger partial charge in [0.05, 0.1) is 5.56 Å². The Bertz CT molecular complexity index is 854. The molecule has 2 aromatic carbocycles. The number of nitrogens with one attached hydrogen (secondary N) is 2. The first-order chi connectivity index (χ1) is 13.7. The molecular formula is C23H28N2O4. The zero-order valence-electron chi connectivity index (χ0n) is 17.3. The molecule has 0 radical (unpaired) electrons. The first-order valence-electron chi connectivity index (χ1n) is 9.42. The van der Waals surface area contributed by atoms with Crippen molar-refractivity contribution in [1.82, 2.24) is 10.9 Å². The second-order valence-corrected chi connectivity index (χ2v) is 7.57. The van der Waals surface area contributed by atoms with Crippen molar-refractivity contribution < 1.29 is 19.1 Å². The summed E-state index contributed by atoms with van der Waals surface area (Å²) in [6.07, 6.45) is 0.798. The van der Waals surface area contributed by atoms with E-state index in [-0.39, 0.29) is 12.0 Å². The van der Waals surface area contributed by atoms with E-state index in [1.54, 1.807) is 37.3 Å². The largest absolute Gasteiger partial charge is 0.489 e. The fourth-order valence-electron chi connectivity index (χ4n) is 2.51. The van der Waals surface area contributed by atoms with E-state index in [0.717, 1.165) is 0 Å². The van der Waals surface area contributed by atoms with E-state index in [1.165, 1.54) is 5.56 Å². The van der Waals surface area contributed by atoms with E-state index in [9.17, 15) is 9.59 Å². The molecular weight excluding hydrogens is 368 g/mol. The maximum atomic E-state index is 12.4. The lowest BCUT2D eigenvalue weighted by atomic mass is 9.87. The Hall–Kier alpha value is -3.28. The van der Waals surface area contributed by atoms with E-state index < -0.39 is 17.9 Å². The van der Waals surface area contributed by atoms with Crippen LogP contribution in [0.5, 0.6) is 11.5 Å². The van der Waals surface area contributed by atoms with Gasteiger partial charge in [-0.15, -0.1) is 0 Å². The summed E-state index contributed by atoms with van der Waals surface area (Å²) in [6, 6.07) is 14.4. The van der Waals surface area contributed by atoms with Crippen LogP contribution in [0.15, 0.2) is 61.2 Å². The van der Waals surface area contributed by atoms with Gasteiger partial charge in [-0.2, -0.15) is 0 Å². The predicted molar refractivity (Wildman–Crippen MR) is 113 cm³/mol. The molecule has 2 aromatic rings. The third-order valence-corrected chi connectivity index (χ3v) is 4.19. The molecule has 0 heterocycles. The zero-order valence-corrected chi connectivity index (χ0v) is 17.3. The molecule has 6 heteroatoms. The van der Waals surface area contributed by atoms with Crippen LogP contribution in [0.2, 0.25) is 0 Å². The summed E-state index contributed by atoms with van der Waals surface area (Å²) < 4.78 is 11.1. The zero-order chi connectivity index (χ0) is 21.4. The van der Waals surface area contributed by atoms with Gasteiger partial charge in [0.25, 0.3) is 11.8 Å². The highest BCUT2D eigenvalue weighted by atomic mass is 16.5. The normalized spacial score (nSPS) is 11.9. The van der Waals surface area contributed by atoms with Crippen LogP contribution < -0.4 is 20.3 Å². The summed E-state index contributed by atoms with van der Waals surface area (Å²) in [7, 11) is 0. The topological polar surface area (TPSA) is 76.7 Å². The molecule has 0 aromatic heterocycles. The van der Waals surface area contributed by atoms with Gasteiger partial charge in [0.15, 0.2) is 6.10 Å². The van der Waals surface area contributed by atoms with Gasteiger partial charge in [-0.1, -0.05) is 57.7 Å². The van der Waals surface area contributed by atoms with E-state index >= 15 is 0 Å². The molecule has 1 atom stereocenters. The number of rotatable bonds is 7. The SMILES string of the molecule is C=CCOc1ccccc1C(=O)NNC(=O)C(C)Oc1ccc(C(C)(C)C)cc1. The standard InChI is InChI=1S/C23H28N2O4/c1-6-15-28-20-10-8-7-9-19(20)22(27)25-24-21(26)16(2)29-18-13-11-17(12-14-18)23(3,4)5/h6-14,16H,1,15H2,2-5H3,(H,24,26)(H,25,27). The van der Waals surface area contributed by atoms with Crippen LogP contribution in [-0.2, 0) is 10.2 Å². The highest BCUT2D eigenvalue weighted by molar-refractivity contribution is 5.98. The minimum absolute atomic E-state index is 0.0392. The van der Waals surface area contributed by atoms with Crippen LogP contribution in [0.1, 0.15) is 43.6 Å². The van der Waals surface area contributed by atoms with Crippen LogP contribution in [-0.4, -0.2) is 24.5 Å². The summed E-state index contributed by atoms with van der Waals surface area (Å²) in [5, 5.41) is 0. The monoisotopic (exact) mass is 396 g/mol. The molecule has 2 N–H and O–H groups in total. The fourth-order valence-corrected chi connectivity index (χ4v) is 2.51. The molecule has 0 aliphatic heterocycles. The number of hydrogen-bond donors (Lipinski definition) is 2. The molecule has 0 aliphatic carbocycles. The minimum atomic E-state index is -0.789. The lowest BCUT2D eigenvalue weighted by Gasteiger charge is -2.20. The molecule has 2 rings (SSSR count). The van der Waals surface area contributed by atoms with Crippen molar-refractivity contribution in [2.24, 2.45) is 0 Å². The molecule has 1 unspecified atom stereocenters. The lowest BCUT2D eigenvalue weighted by molar-refractivity contribution is -0.128. The fraction of sp³-hybridized carbons (Fsp3) is 0.304. The molecule has 29 heavy (non-hydrogen) atoms. The molecule has 2 amide bonds. The molecule has 0 saturated heterocycles. The average molecular weight is 396 g/mol. The van der Waals surface area contributed by atoms with E-state index in [1.807, 2.05) is 24.3 Å². The summed E-state index contributed by atoms with van der Waals surface area (Å²) in [6.45, 7) is 11.9. The quantitative estimate of drug-likeness (QED) is 0.552. The van der Waals surface area contributed by atoms with Gasteiger partial charge in [-0.3, -0.25) is 20.4 Å². The van der Waals surface area contributed by atoms with E-state index in [2.05, 4.69) is 38.2 Å². The number of amides is 2. The van der Waals surface area contributed by atoms with Crippen molar-refractivity contribution in [3.63, 3.8) is 0 Å². The summed E-state index contributed by atoms with van der Waals surface area (Å²) in [5.41, 5.74) is 6.29. The van der Waals surface area contributed by atoms with Crippen LogP contribution in [0, 0.1) is 0 Å². The highest BCUT2D eigenvalue weighted by Crippen LogP contribution is 2.24. The Morgan fingerprint density at radius 2 is 1.72 bits per heavy atom. The Labute approximate surface area is 171 Å². The number of ether oxygens (including phenoxy) is 2. The number of hydrazine groups is 1. The molecule has 0 bridgehead atoms. The number of para-hydroxylation sites is 1. The van der Waals surface area contributed by atoms with Crippen molar-refractivity contribution in [2.75, 3.05) is 6.61 Å². The van der Waals surface area contributed by atoms with Gasteiger partial charge in [0.2, 0.25) is 0 Å². The average Bonchev–Trinajstić information content (AvgIpc) is 2.70. The van der Waals surface area contributed by atoms with Gasteiger partial charge in [0, 0.05) is 0 Å². The Morgan fingerprint density at radius 3 is 2.34 bits per heavy atom. The van der Waals surface area contributed by atoms with Crippen molar-refractivity contribution in [3.05, 3.63) is 72.3 Å². The Balaban J connectivity index is 1.92. The number of hydrogen-bond acceptors (Lipinski definition) is 4. The second-order valence-electron chi connectivity index (χ2n) is 7.57. The Kier molecular flexibility index (Phi) is 7.42. The van der Waals surface area contributed by atoms with Crippen molar-refractivity contribution in [2.45, 2.75) is 39.2 Å². The second kappa shape index (κ2) is 9.78. The van der Waals surface area contributed by atoms with Gasteiger partial charge >= 0.3 is 0 Å². The van der Waals surface area contributed by atoms with Crippen LogP contribution in [0.4, 0.5) is 0 Å². The van der Waals surface area contributed by atoms with Crippen molar-refractivity contribution in [1.29, 1.82) is 0 Å². The summed E-state index contributed by atoms with van der Waals surface area (Å²) >= 11 is 0. The third-order valence-electron chi connectivity index (χ3n) is 4.19. The van der Waals surface area contributed by atoms with Gasteiger partial charge in [-0.25, -0.2) is 0 Å². The first kappa shape index (κ1) is 22.0. The number of carbonyl (C=O) groups is 2. The van der Waals surface area contributed by atoms with Crippen LogP contribution in [0.25, 0.3) is 0 Å². The Morgan fingerprint density at radius 1 is 1.07 bits per heavy atom. The first-order valence-corrected chi connectivity index (χ1v) is 9.42. The highest BCUT2D eigenvalue weighted by Gasteiger charge is 2.18. The van der Waals surface area contributed by atoms with Gasteiger partial charge < -0.3 is 9.47 Å². The number of benzene rings is 2. The van der Waals surface area contributed by atoms with E-state index in [0.29, 0.717) is 17.1 Å². The minimum Gasteiger partial charge on any atom is -0.489 e. The number of carbonyl (C=O) groups excluding carboxylic acids is 2. The van der Waals surface area contributed by atoms with Crippen LogP contribution >= 0.6 is 0 Å². The maximum absolute atomic E-state index is 12.4.